The number of nitrogens with zero attached hydrogens (tertiary/aromatic N) is 1. The maximum absolute atomic E-state index is 5.84. The number of nitrogens with one attached hydrogen (secondary N) is 1. The summed E-state index contributed by atoms with van der Waals surface area (Å²) in [6.07, 6.45) is 0. The highest BCUT2D eigenvalue weighted by atomic mass is 16.6. The van der Waals surface area contributed by atoms with Crippen LogP contribution in [0.4, 0.5) is 11.4 Å². The third-order valence-corrected chi connectivity index (χ3v) is 2.85. The highest BCUT2D eigenvalue weighted by Crippen LogP contribution is 2.22. The van der Waals surface area contributed by atoms with Gasteiger partial charge >= 0.3 is 0 Å². The molecule has 5 nitrogen and oxygen atoms in total. The summed E-state index contributed by atoms with van der Waals surface area (Å²) >= 11 is 0. The van der Waals surface area contributed by atoms with Gasteiger partial charge in [0.2, 0.25) is 0 Å². The second-order valence-electron chi connectivity index (χ2n) is 4.92. The predicted molar refractivity (Wildman–Crippen MR) is 85.6 cm³/mol. The first-order valence-corrected chi connectivity index (χ1v) is 6.80. The second-order valence-corrected chi connectivity index (χ2v) is 4.92. The van der Waals surface area contributed by atoms with Crippen LogP contribution in [-0.2, 0) is 0 Å². The van der Waals surface area contributed by atoms with E-state index in [2.05, 4.69) is 10.4 Å². The molecule has 0 saturated carbocycles. The summed E-state index contributed by atoms with van der Waals surface area (Å²) in [6, 6.07) is 14.9. The molecule has 0 aliphatic carbocycles. The van der Waals surface area contributed by atoms with E-state index in [1.807, 2.05) is 62.6 Å². The minimum absolute atomic E-state index is 0.634. The molecule has 0 atom stereocenters. The first-order valence-electron chi connectivity index (χ1n) is 6.80. The summed E-state index contributed by atoms with van der Waals surface area (Å²) in [6.45, 7) is 1.50. The lowest BCUT2D eigenvalue weighted by molar-refractivity contribution is 0.260. The molecule has 2 aromatic rings. The van der Waals surface area contributed by atoms with E-state index in [0.29, 0.717) is 18.0 Å². The Morgan fingerprint density at radius 2 is 1.81 bits per heavy atom. The van der Waals surface area contributed by atoms with E-state index in [0.717, 1.165) is 18.0 Å². The Kier molecular flexibility index (Phi) is 5.29. The zero-order chi connectivity index (χ0) is 15.1. The molecule has 0 bridgehead atoms. The van der Waals surface area contributed by atoms with Crippen molar-refractivity contribution in [1.29, 1.82) is 0 Å². The van der Waals surface area contributed by atoms with Crippen LogP contribution in [0.1, 0.15) is 0 Å². The average molecular weight is 287 g/mol. The lowest BCUT2D eigenvalue weighted by Crippen LogP contribution is -2.19. The predicted octanol–water partition coefficient (Wildman–Crippen LogP) is 2.62. The van der Waals surface area contributed by atoms with Crippen molar-refractivity contribution < 1.29 is 9.57 Å². The average Bonchev–Trinajstić information content (AvgIpc) is 2.46. The fraction of sp³-hybridized carbons (Fsp3) is 0.250. The van der Waals surface area contributed by atoms with Crippen molar-refractivity contribution in [2.75, 3.05) is 38.5 Å². The van der Waals surface area contributed by atoms with Crippen LogP contribution >= 0.6 is 0 Å². The molecule has 21 heavy (non-hydrogen) atoms. The number of rotatable bonds is 7. The summed E-state index contributed by atoms with van der Waals surface area (Å²) in [4.78, 5) is 7.59. The van der Waals surface area contributed by atoms with Crippen molar-refractivity contribution in [2.45, 2.75) is 0 Å². The van der Waals surface area contributed by atoms with Crippen LogP contribution in [0.5, 0.6) is 11.5 Å². The molecule has 0 saturated heterocycles. The van der Waals surface area contributed by atoms with E-state index in [9.17, 15) is 0 Å². The molecule has 0 spiro atoms. The monoisotopic (exact) mass is 287 g/mol. The molecule has 2 rings (SSSR count). The number of likely N-dealkylation sites (N-methyl/N-ethyl adjacent to an activating group) is 1. The molecule has 0 fully saturated rings. The third-order valence-electron chi connectivity index (χ3n) is 2.85. The Balaban J connectivity index is 1.90. The summed E-state index contributed by atoms with van der Waals surface area (Å²) in [5.74, 6) is 1.44. The van der Waals surface area contributed by atoms with Gasteiger partial charge in [0.25, 0.3) is 0 Å². The van der Waals surface area contributed by atoms with Crippen LogP contribution in [0, 0.1) is 0 Å². The first kappa shape index (κ1) is 15.0. The van der Waals surface area contributed by atoms with Crippen molar-refractivity contribution >= 4 is 11.4 Å². The molecule has 0 aliphatic heterocycles. The van der Waals surface area contributed by atoms with E-state index >= 15 is 0 Å². The summed E-state index contributed by atoms with van der Waals surface area (Å²) in [5.41, 5.74) is 10.0. The Morgan fingerprint density at radius 3 is 2.57 bits per heavy atom. The minimum atomic E-state index is 0.634. The summed E-state index contributed by atoms with van der Waals surface area (Å²) in [7, 11) is 4.02. The molecule has 0 aliphatic rings. The summed E-state index contributed by atoms with van der Waals surface area (Å²) in [5, 5.41) is 0. The van der Waals surface area contributed by atoms with Gasteiger partial charge in [0, 0.05) is 12.6 Å². The van der Waals surface area contributed by atoms with Gasteiger partial charge in [-0.2, -0.15) is 0 Å². The number of hydrogen-bond acceptors (Lipinski definition) is 5. The van der Waals surface area contributed by atoms with Crippen LogP contribution in [0.25, 0.3) is 0 Å². The zero-order valence-electron chi connectivity index (χ0n) is 12.4. The van der Waals surface area contributed by atoms with Crippen molar-refractivity contribution in [3.8, 4) is 11.5 Å². The van der Waals surface area contributed by atoms with E-state index in [-0.39, 0.29) is 0 Å². The number of hydrogen-bond donors (Lipinski definition) is 2. The lowest BCUT2D eigenvalue weighted by atomic mass is 10.3. The van der Waals surface area contributed by atoms with Gasteiger partial charge in [-0.3, -0.25) is 0 Å². The molecule has 5 heteroatoms. The molecular weight excluding hydrogens is 266 g/mol. The largest absolute Gasteiger partial charge is 0.492 e. The van der Waals surface area contributed by atoms with Gasteiger partial charge in [0.15, 0.2) is 5.75 Å². The number of ether oxygens (including phenoxy) is 1. The number of anilines is 2. The fourth-order valence-electron chi connectivity index (χ4n) is 1.68. The molecule has 0 unspecified atom stereocenters. The number of nitrogen functional groups attached to an aromatic ring is 1. The highest BCUT2D eigenvalue weighted by Gasteiger charge is 2.01. The number of para-hydroxylation sites is 2. The van der Waals surface area contributed by atoms with Gasteiger partial charge in [-0.15, -0.1) is 0 Å². The van der Waals surface area contributed by atoms with Crippen molar-refractivity contribution in [1.82, 2.24) is 4.90 Å². The van der Waals surface area contributed by atoms with E-state index in [1.165, 1.54) is 0 Å². The topological polar surface area (TPSA) is 59.8 Å². The zero-order valence-corrected chi connectivity index (χ0v) is 12.4. The molecule has 3 N–H and O–H groups in total. The van der Waals surface area contributed by atoms with Crippen LogP contribution in [-0.4, -0.2) is 32.1 Å². The van der Waals surface area contributed by atoms with Crippen LogP contribution in [0.3, 0.4) is 0 Å². The molecule has 0 aromatic heterocycles. The maximum Gasteiger partial charge on any atom is 0.158 e. The lowest BCUT2D eigenvalue weighted by Gasteiger charge is -2.13. The molecule has 2 aromatic carbocycles. The maximum atomic E-state index is 5.84. The highest BCUT2D eigenvalue weighted by molar-refractivity contribution is 5.64. The van der Waals surface area contributed by atoms with E-state index < -0.39 is 0 Å². The Hall–Kier alpha value is -2.40. The quantitative estimate of drug-likeness (QED) is 0.605. The smallest absolute Gasteiger partial charge is 0.158 e. The van der Waals surface area contributed by atoms with Crippen molar-refractivity contribution in [3.05, 3.63) is 48.5 Å². The van der Waals surface area contributed by atoms with Gasteiger partial charge in [0.05, 0.1) is 11.4 Å². The molecular formula is C16H21N3O2. The SMILES string of the molecule is CN(C)CCOc1cccc(ONc2ccccc2N)c1. The standard InChI is InChI=1S/C16H21N3O2/c1-19(2)10-11-20-13-6-5-7-14(12-13)21-18-16-9-4-3-8-15(16)17/h3-9,12,18H,10-11,17H2,1-2H3. The Morgan fingerprint density at radius 1 is 1.05 bits per heavy atom. The third kappa shape index (κ3) is 4.89. The fourth-order valence-corrected chi connectivity index (χ4v) is 1.68. The van der Waals surface area contributed by atoms with Gasteiger partial charge in [-0.25, -0.2) is 5.48 Å². The van der Waals surface area contributed by atoms with E-state index in [4.69, 9.17) is 15.3 Å². The Bertz CT molecular complexity index is 573. The second kappa shape index (κ2) is 7.40. The van der Waals surface area contributed by atoms with Crippen LogP contribution < -0.4 is 20.8 Å². The van der Waals surface area contributed by atoms with Gasteiger partial charge < -0.3 is 20.2 Å². The summed E-state index contributed by atoms with van der Waals surface area (Å²) < 4.78 is 5.66. The van der Waals surface area contributed by atoms with Crippen LogP contribution in [0.15, 0.2) is 48.5 Å². The molecule has 0 heterocycles. The normalized spacial score (nSPS) is 10.4. The molecule has 0 radical (unpaired) electrons. The minimum Gasteiger partial charge on any atom is -0.492 e. The molecule has 0 amide bonds. The first-order chi connectivity index (χ1) is 10.1. The van der Waals surface area contributed by atoms with Crippen LogP contribution in [0.2, 0.25) is 0 Å². The number of benzene rings is 2. The van der Waals surface area contributed by atoms with Crippen molar-refractivity contribution in [3.63, 3.8) is 0 Å². The van der Waals surface area contributed by atoms with Gasteiger partial charge in [-0.05, 0) is 38.4 Å². The number of nitrogens with two attached hydrogens (primary N) is 1. The van der Waals surface area contributed by atoms with Crippen molar-refractivity contribution in [2.24, 2.45) is 0 Å². The van der Waals surface area contributed by atoms with Gasteiger partial charge in [-0.1, -0.05) is 18.2 Å². The molecule has 112 valence electrons. The van der Waals surface area contributed by atoms with Gasteiger partial charge in [0.1, 0.15) is 12.4 Å². The Labute approximate surface area is 125 Å². The van der Waals surface area contributed by atoms with E-state index in [1.54, 1.807) is 0 Å².